The molecule has 1 saturated carbocycles. The van der Waals surface area contributed by atoms with E-state index in [-0.39, 0.29) is 5.91 Å². The number of hydrogen-bond acceptors (Lipinski definition) is 3. The first kappa shape index (κ1) is 14.5. The Labute approximate surface area is 105 Å². The molecule has 1 atom stereocenters. The van der Waals surface area contributed by atoms with E-state index in [2.05, 4.69) is 24.2 Å². The van der Waals surface area contributed by atoms with Gasteiger partial charge in [0.2, 0.25) is 5.91 Å². The number of nitrogens with one attached hydrogen (secondary N) is 1. The second-order valence-corrected chi connectivity index (χ2v) is 5.23. The van der Waals surface area contributed by atoms with E-state index in [0.717, 1.165) is 32.5 Å². The van der Waals surface area contributed by atoms with Crippen molar-refractivity contribution in [3.8, 4) is 0 Å². The highest BCUT2D eigenvalue weighted by Gasteiger charge is 2.49. The van der Waals surface area contributed by atoms with E-state index >= 15 is 0 Å². The molecule has 0 aromatic carbocycles. The molecule has 1 amide bonds. The standard InChI is InChI=1S/C13H27N3O/c1-4-6-9-16(3)10-13(12(14)17,15-5-2)11-7-8-11/h11,15H,4-10H2,1-3H3,(H2,14,17). The Kier molecular flexibility index (Phi) is 5.40. The van der Waals surface area contributed by atoms with Crippen LogP contribution in [0.5, 0.6) is 0 Å². The first-order chi connectivity index (χ1) is 8.06. The second-order valence-electron chi connectivity index (χ2n) is 5.23. The SMILES string of the molecule is CCCCN(C)CC(NCC)(C(N)=O)C1CC1. The number of rotatable bonds is 9. The molecule has 17 heavy (non-hydrogen) atoms. The number of amides is 1. The molecule has 0 aliphatic heterocycles. The Morgan fingerprint density at radius 2 is 2.12 bits per heavy atom. The highest BCUT2D eigenvalue weighted by atomic mass is 16.1. The summed E-state index contributed by atoms with van der Waals surface area (Å²) < 4.78 is 0. The molecule has 1 aliphatic rings. The van der Waals surface area contributed by atoms with Crippen molar-refractivity contribution < 1.29 is 4.79 Å². The molecule has 3 N–H and O–H groups in total. The molecule has 0 radical (unpaired) electrons. The van der Waals surface area contributed by atoms with Gasteiger partial charge in [-0.2, -0.15) is 0 Å². The van der Waals surface area contributed by atoms with Gasteiger partial charge in [-0.25, -0.2) is 0 Å². The smallest absolute Gasteiger partial charge is 0.239 e. The van der Waals surface area contributed by atoms with Crippen LogP contribution in [0.3, 0.4) is 0 Å². The summed E-state index contributed by atoms with van der Waals surface area (Å²) in [5.41, 5.74) is 5.14. The van der Waals surface area contributed by atoms with E-state index in [9.17, 15) is 4.79 Å². The zero-order chi connectivity index (χ0) is 12.9. The fraction of sp³-hybridized carbons (Fsp3) is 0.923. The minimum Gasteiger partial charge on any atom is -0.368 e. The van der Waals surface area contributed by atoms with Crippen LogP contribution in [0.1, 0.15) is 39.5 Å². The highest BCUT2D eigenvalue weighted by molar-refractivity contribution is 5.86. The normalized spacial score (nSPS) is 19.3. The van der Waals surface area contributed by atoms with Crippen molar-refractivity contribution in [1.82, 2.24) is 10.2 Å². The molecular weight excluding hydrogens is 214 g/mol. The van der Waals surface area contributed by atoms with Gasteiger partial charge in [0.15, 0.2) is 0 Å². The topological polar surface area (TPSA) is 58.4 Å². The first-order valence-corrected chi connectivity index (χ1v) is 6.80. The molecule has 4 heteroatoms. The third-order valence-electron chi connectivity index (χ3n) is 3.62. The van der Waals surface area contributed by atoms with Crippen molar-refractivity contribution in [1.29, 1.82) is 0 Å². The molecule has 1 unspecified atom stereocenters. The van der Waals surface area contributed by atoms with Gasteiger partial charge in [-0.15, -0.1) is 0 Å². The quantitative estimate of drug-likeness (QED) is 0.632. The number of primary amides is 1. The number of likely N-dealkylation sites (N-methyl/N-ethyl adjacent to an activating group) is 2. The van der Waals surface area contributed by atoms with Gasteiger partial charge in [-0.05, 0) is 45.3 Å². The summed E-state index contributed by atoms with van der Waals surface area (Å²) in [7, 11) is 2.08. The van der Waals surface area contributed by atoms with Crippen LogP contribution in [0, 0.1) is 5.92 Å². The Balaban J connectivity index is 2.64. The number of carbonyl (C=O) groups excluding carboxylic acids is 1. The first-order valence-electron chi connectivity index (χ1n) is 6.80. The summed E-state index contributed by atoms with van der Waals surface area (Å²) in [6.45, 7) is 6.78. The summed E-state index contributed by atoms with van der Waals surface area (Å²) in [4.78, 5) is 14.1. The fourth-order valence-corrected chi connectivity index (χ4v) is 2.52. The summed E-state index contributed by atoms with van der Waals surface area (Å²) in [6.07, 6.45) is 4.59. The average molecular weight is 241 g/mol. The van der Waals surface area contributed by atoms with Crippen molar-refractivity contribution in [2.75, 3.05) is 26.7 Å². The lowest BCUT2D eigenvalue weighted by atomic mass is 9.91. The molecule has 4 nitrogen and oxygen atoms in total. The summed E-state index contributed by atoms with van der Waals surface area (Å²) in [5, 5.41) is 3.35. The van der Waals surface area contributed by atoms with Crippen LogP contribution in [0.25, 0.3) is 0 Å². The van der Waals surface area contributed by atoms with Crippen molar-refractivity contribution in [3.05, 3.63) is 0 Å². The van der Waals surface area contributed by atoms with Crippen molar-refractivity contribution in [2.24, 2.45) is 11.7 Å². The fourth-order valence-electron chi connectivity index (χ4n) is 2.52. The van der Waals surface area contributed by atoms with E-state index in [1.165, 1.54) is 12.8 Å². The number of unbranched alkanes of at least 4 members (excludes halogenated alkanes) is 1. The lowest BCUT2D eigenvalue weighted by Crippen LogP contribution is -2.62. The van der Waals surface area contributed by atoms with E-state index in [0.29, 0.717) is 5.92 Å². The monoisotopic (exact) mass is 241 g/mol. The van der Waals surface area contributed by atoms with Crippen LogP contribution in [0.4, 0.5) is 0 Å². The van der Waals surface area contributed by atoms with Crippen molar-refractivity contribution >= 4 is 5.91 Å². The molecule has 0 bridgehead atoms. The lowest BCUT2D eigenvalue weighted by Gasteiger charge is -2.35. The summed E-state index contributed by atoms with van der Waals surface area (Å²) >= 11 is 0. The van der Waals surface area contributed by atoms with Gasteiger partial charge in [0.1, 0.15) is 5.54 Å². The maximum Gasteiger partial charge on any atom is 0.239 e. The number of nitrogens with zero attached hydrogens (tertiary/aromatic N) is 1. The van der Waals surface area contributed by atoms with Gasteiger partial charge >= 0.3 is 0 Å². The molecule has 0 aromatic rings. The number of carbonyl (C=O) groups is 1. The third kappa shape index (κ3) is 3.68. The van der Waals surface area contributed by atoms with Gasteiger partial charge in [-0.1, -0.05) is 20.3 Å². The maximum absolute atomic E-state index is 11.8. The summed E-state index contributed by atoms with van der Waals surface area (Å²) in [5.74, 6) is 0.245. The van der Waals surface area contributed by atoms with E-state index in [1.54, 1.807) is 0 Å². The molecule has 1 fully saturated rings. The van der Waals surface area contributed by atoms with Crippen molar-refractivity contribution in [2.45, 2.75) is 45.1 Å². The van der Waals surface area contributed by atoms with Crippen LogP contribution in [0.15, 0.2) is 0 Å². The van der Waals surface area contributed by atoms with E-state index in [1.807, 2.05) is 6.92 Å². The predicted octanol–water partition coefficient (Wildman–Crippen LogP) is 0.962. The van der Waals surface area contributed by atoms with Crippen LogP contribution in [-0.2, 0) is 4.79 Å². The zero-order valence-corrected chi connectivity index (χ0v) is 11.5. The predicted molar refractivity (Wildman–Crippen MR) is 70.7 cm³/mol. The highest BCUT2D eigenvalue weighted by Crippen LogP contribution is 2.40. The third-order valence-corrected chi connectivity index (χ3v) is 3.62. The Morgan fingerprint density at radius 1 is 1.47 bits per heavy atom. The molecular formula is C13H27N3O. The molecule has 1 aliphatic carbocycles. The minimum absolute atomic E-state index is 0.190. The Morgan fingerprint density at radius 3 is 2.53 bits per heavy atom. The van der Waals surface area contributed by atoms with Crippen LogP contribution >= 0.6 is 0 Å². The average Bonchev–Trinajstić information content (AvgIpc) is 3.09. The van der Waals surface area contributed by atoms with E-state index in [4.69, 9.17) is 5.73 Å². The van der Waals surface area contributed by atoms with E-state index < -0.39 is 5.54 Å². The van der Waals surface area contributed by atoms with Crippen LogP contribution in [0.2, 0.25) is 0 Å². The van der Waals surface area contributed by atoms with Gasteiger partial charge in [0.25, 0.3) is 0 Å². The maximum atomic E-state index is 11.8. The summed E-state index contributed by atoms with van der Waals surface area (Å²) in [6, 6.07) is 0. The van der Waals surface area contributed by atoms with Crippen LogP contribution < -0.4 is 11.1 Å². The number of nitrogens with two attached hydrogens (primary N) is 1. The number of hydrogen-bond donors (Lipinski definition) is 2. The largest absolute Gasteiger partial charge is 0.368 e. The lowest BCUT2D eigenvalue weighted by molar-refractivity contribution is -0.126. The van der Waals surface area contributed by atoms with Crippen molar-refractivity contribution in [3.63, 3.8) is 0 Å². The molecule has 100 valence electrons. The van der Waals surface area contributed by atoms with Gasteiger partial charge in [-0.3, -0.25) is 4.79 Å². The second kappa shape index (κ2) is 6.36. The minimum atomic E-state index is -0.503. The molecule has 0 aromatic heterocycles. The van der Waals surface area contributed by atoms with Gasteiger partial charge in [0, 0.05) is 6.54 Å². The Bertz CT molecular complexity index is 253. The molecule has 0 saturated heterocycles. The van der Waals surface area contributed by atoms with Gasteiger partial charge < -0.3 is 16.0 Å². The molecule has 0 spiro atoms. The van der Waals surface area contributed by atoms with Gasteiger partial charge in [0.05, 0.1) is 0 Å². The molecule has 0 heterocycles. The molecule has 1 rings (SSSR count). The van der Waals surface area contributed by atoms with Crippen LogP contribution in [-0.4, -0.2) is 43.0 Å². The Hall–Kier alpha value is -0.610. The zero-order valence-electron chi connectivity index (χ0n) is 11.5.